The molecule has 124 valence electrons. The van der Waals surface area contributed by atoms with Gasteiger partial charge in [0.15, 0.2) is 0 Å². The van der Waals surface area contributed by atoms with Crippen LogP contribution in [0.25, 0.3) is 0 Å². The van der Waals surface area contributed by atoms with Crippen molar-refractivity contribution in [3.05, 3.63) is 59.8 Å². The molecule has 3 aliphatic carbocycles. The van der Waals surface area contributed by atoms with E-state index in [0.717, 1.165) is 0 Å². The number of fused-ring (bicyclic) bond motifs is 2. The molecule has 0 spiro atoms. The number of ether oxygens (including phenoxy) is 2. The molecule has 1 saturated carbocycles. The van der Waals surface area contributed by atoms with Crippen molar-refractivity contribution in [3.8, 4) is 0 Å². The van der Waals surface area contributed by atoms with E-state index < -0.39 is 23.8 Å². The van der Waals surface area contributed by atoms with Crippen LogP contribution in [0.5, 0.6) is 0 Å². The van der Waals surface area contributed by atoms with E-state index in [-0.39, 0.29) is 23.2 Å². The molecule has 0 aliphatic heterocycles. The van der Waals surface area contributed by atoms with Gasteiger partial charge in [-0.05, 0) is 5.57 Å². The quantitative estimate of drug-likeness (QED) is 0.336. The van der Waals surface area contributed by atoms with Crippen molar-refractivity contribution >= 4 is 17.7 Å². The molecule has 5 heteroatoms. The fraction of sp³-hybridized carbons (Fsp3) is 0.316. The van der Waals surface area contributed by atoms with Crippen molar-refractivity contribution in [2.45, 2.75) is 0 Å². The molecule has 0 bridgehead atoms. The molecule has 0 heterocycles. The second-order valence-corrected chi connectivity index (χ2v) is 5.86. The molecule has 4 atom stereocenters. The Morgan fingerprint density at radius 2 is 1.12 bits per heavy atom. The third-order valence-corrected chi connectivity index (χ3v) is 4.71. The summed E-state index contributed by atoms with van der Waals surface area (Å²) in [5.41, 5.74) is 0.474. The predicted octanol–water partition coefficient (Wildman–Crippen LogP) is 1.93. The van der Waals surface area contributed by atoms with Gasteiger partial charge in [-0.1, -0.05) is 48.6 Å². The topological polar surface area (TPSA) is 69.7 Å². The smallest absolute Gasteiger partial charge is 0.345 e. The van der Waals surface area contributed by atoms with Gasteiger partial charge in [0.05, 0.1) is 14.2 Å². The Bertz CT molecular complexity index is 677. The molecule has 3 rings (SSSR count). The van der Waals surface area contributed by atoms with Crippen molar-refractivity contribution in [1.82, 2.24) is 0 Å². The average Bonchev–Trinajstić information content (AvgIpc) is 2.64. The first kappa shape index (κ1) is 16.2. The van der Waals surface area contributed by atoms with Crippen LogP contribution in [0, 0.1) is 23.7 Å². The molecule has 0 aromatic carbocycles. The molecule has 4 unspecified atom stereocenters. The van der Waals surface area contributed by atoms with Gasteiger partial charge >= 0.3 is 11.9 Å². The Morgan fingerprint density at radius 1 is 0.750 bits per heavy atom. The largest absolute Gasteiger partial charge is 0.465 e. The van der Waals surface area contributed by atoms with Crippen LogP contribution in [0.1, 0.15) is 0 Å². The van der Waals surface area contributed by atoms with Crippen LogP contribution in [0.2, 0.25) is 0 Å². The third kappa shape index (κ3) is 2.46. The number of allylic oxidation sites excluding steroid dienone is 9. The van der Waals surface area contributed by atoms with E-state index in [4.69, 9.17) is 9.47 Å². The molecule has 0 saturated heterocycles. The van der Waals surface area contributed by atoms with Crippen LogP contribution >= 0.6 is 0 Å². The van der Waals surface area contributed by atoms with E-state index in [1.807, 2.05) is 48.6 Å². The highest BCUT2D eigenvalue weighted by Crippen LogP contribution is 2.46. The summed E-state index contributed by atoms with van der Waals surface area (Å²) in [4.78, 5) is 37.4. The molecule has 24 heavy (non-hydrogen) atoms. The SMILES string of the molecule is COC(=O)C(C(=O)OC)=C1C2C=CC=CC2C(=O)C2C=CC=CC12. The Kier molecular flexibility index (Phi) is 4.34. The minimum absolute atomic E-state index is 0.0871. The van der Waals surface area contributed by atoms with Crippen LogP contribution in [0.4, 0.5) is 0 Å². The molecular formula is C19H18O5. The first-order valence-electron chi connectivity index (χ1n) is 7.74. The molecule has 0 amide bonds. The zero-order valence-corrected chi connectivity index (χ0v) is 13.5. The van der Waals surface area contributed by atoms with Crippen LogP contribution in [-0.2, 0) is 23.9 Å². The zero-order valence-electron chi connectivity index (χ0n) is 13.5. The Morgan fingerprint density at radius 3 is 1.50 bits per heavy atom. The van der Waals surface area contributed by atoms with Gasteiger partial charge < -0.3 is 9.47 Å². The lowest BCUT2D eigenvalue weighted by molar-refractivity contribution is -0.144. The average molecular weight is 326 g/mol. The molecular weight excluding hydrogens is 308 g/mol. The maximum Gasteiger partial charge on any atom is 0.345 e. The van der Waals surface area contributed by atoms with Gasteiger partial charge in [0.2, 0.25) is 0 Å². The lowest BCUT2D eigenvalue weighted by Gasteiger charge is -2.40. The molecule has 1 fully saturated rings. The van der Waals surface area contributed by atoms with Gasteiger partial charge in [0, 0.05) is 23.7 Å². The molecule has 0 radical (unpaired) electrons. The van der Waals surface area contributed by atoms with E-state index >= 15 is 0 Å². The first-order chi connectivity index (χ1) is 11.6. The lowest BCUT2D eigenvalue weighted by Crippen LogP contribution is -2.43. The second kappa shape index (κ2) is 6.43. The summed E-state index contributed by atoms with van der Waals surface area (Å²) in [6, 6.07) is 0. The second-order valence-electron chi connectivity index (χ2n) is 5.86. The minimum atomic E-state index is -0.741. The maximum atomic E-state index is 12.8. The summed E-state index contributed by atoms with van der Waals surface area (Å²) in [6.45, 7) is 0. The highest BCUT2D eigenvalue weighted by molar-refractivity contribution is 6.15. The summed E-state index contributed by atoms with van der Waals surface area (Å²) in [6.07, 6.45) is 14.6. The molecule has 3 aliphatic rings. The molecule has 5 nitrogen and oxygen atoms in total. The number of carbonyl (C=O) groups is 3. The monoisotopic (exact) mass is 326 g/mol. The fourth-order valence-electron chi connectivity index (χ4n) is 3.65. The summed E-state index contributed by atoms with van der Waals surface area (Å²) in [5.74, 6) is -2.90. The number of rotatable bonds is 2. The van der Waals surface area contributed by atoms with Gasteiger partial charge in [0.25, 0.3) is 0 Å². The maximum absolute atomic E-state index is 12.8. The summed E-state index contributed by atoms with van der Waals surface area (Å²) in [5, 5.41) is 0. The van der Waals surface area contributed by atoms with E-state index in [0.29, 0.717) is 5.57 Å². The third-order valence-electron chi connectivity index (χ3n) is 4.71. The number of Topliss-reactive ketones (excluding diaryl/α,β-unsaturated/α-hetero) is 1. The number of ketones is 1. The molecule has 0 N–H and O–H groups in total. The van der Waals surface area contributed by atoms with Crippen molar-refractivity contribution in [2.75, 3.05) is 14.2 Å². The Labute approximate surface area is 140 Å². The summed E-state index contributed by atoms with van der Waals surface area (Å²) >= 11 is 0. The Hall–Kier alpha value is -2.69. The molecule has 0 aromatic heterocycles. The van der Waals surface area contributed by atoms with E-state index in [2.05, 4.69) is 0 Å². The number of carbonyl (C=O) groups excluding carboxylic acids is 3. The van der Waals surface area contributed by atoms with Crippen LogP contribution < -0.4 is 0 Å². The highest BCUT2D eigenvalue weighted by Gasteiger charge is 2.47. The van der Waals surface area contributed by atoms with Crippen molar-refractivity contribution in [2.24, 2.45) is 23.7 Å². The number of hydrogen-bond donors (Lipinski definition) is 0. The van der Waals surface area contributed by atoms with E-state index in [1.54, 1.807) is 0 Å². The van der Waals surface area contributed by atoms with Gasteiger partial charge in [-0.25, -0.2) is 9.59 Å². The van der Waals surface area contributed by atoms with Crippen molar-refractivity contribution in [3.63, 3.8) is 0 Å². The van der Waals surface area contributed by atoms with Crippen LogP contribution in [0.15, 0.2) is 59.8 Å². The van der Waals surface area contributed by atoms with Crippen molar-refractivity contribution in [1.29, 1.82) is 0 Å². The normalized spacial score (nSPS) is 29.8. The van der Waals surface area contributed by atoms with E-state index in [9.17, 15) is 14.4 Å². The van der Waals surface area contributed by atoms with E-state index in [1.165, 1.54) is 14.2 Å². The van der Waals surface area contributed by atoms with Crippen molar-refractivity contribution < 1.29 is 23.9 Å². The van der Waals surface area contributed by atoms with Gasteiger partial charge in [-0.3, -0.25) is 4.79 Å². The lowest BCUT2D eigenvalue weighted by atomic mass is 9.61. The van der Waals surface area contributed by atoms with Gasteiger partial charge in [-0.15, -0.1) is 0 Å². The standard InChI is InChI=1S/C19H18O5/c1-23-18(21)16(19(22)24-2)15-11-7-3-5-9-13(11)17(20)14-10-6-4-8-12(14)15/h3-14H,1-2H3. The Balaban J connectivity index is 2.24. The number of hydrogen-bond acceptors (Lipinski definition) is 5. The van der Waals surface area contributed by atoms with Gasteiger partial charge in [0.1, 0.15) is 11.4 Å². The van der Waals surface area contributed by atoms with Crippen LogP contribution in [0.3, 0.4) is 0 Å². The predicted molar refractivity (Wildman–Crippen MR) is 86.6 cm³/mol. The first-order valence-corrected chi connectivity index (χ1v) is 7.74. The fourth-order valence-corrected chi connectivity index (χ4v) is 3.65. The number of methoxy groups -OCH3 is 2. The highest BCUT2D eigenvalue weighted by atomic mass is 16.5. The van der Waals surface area contributed by atoms with Crippen LogP contribution in [-0.4, -0.2) is 31.9 Å². The number of esters is 2. The van der Waals surface area contributed by atoms with Gasteiger partial charge in [-0.2, -0.15) is 0 Å². The molecule has 0 aromatic rings. The zero-order chi connectivity index (χ0) is 17.3. The summed E-state index contributed by atoms with van der Waals surface area (Å²) in [7, 11) is 2.45. The minimum Gasteiger partial charge on any atom is -0.465 e. The summed E-state index contributed by atoms with van der Waals surface area (Å²) < 4.78 is 9.62.